The highest BCUT2D eigenvalue weighted by atomic mass is 16.4. The average Bonchev–Trinajstić information content (AvgIpc) is 2.98. The number of carbonyl (C=O) groups is 1. The topological polar surface area (TPSA) is 101 Å². The summed E-state index contributed by atoms with van der Waals surface area (Å²) in [6.45, 7) is 0.389. The second-order valence-electron chi connectivity index (χ2n) is 3.88. The van der Waals surface area contributed by atoms with Gasteiger partial charge in [0.05, 0.1) is 11.8 Å². The summed E-state index contributed by atoms with van der Waals surface area (Å²) in [5.74, 6) is -0.150. The predicted molar refractivity (Wildman–Crippen MR) is 68.8 cm³/mol. The number of benzene rings is 1. The monoisotopic (exact) mass is 259 g/mol. The normalized spacial score (nSPS) is 11.3. The molecule has 2 aromatic rings. The molecule has 0 bridgehead atoms. The molecule has 6 heteroatoms. The summed E-state index contributed by atoms with van der Waals surface area (Å²) in [6, 6.07) is 8.62. The van der Waals surface area contributed by atoms with Gasteiger partial charge in [-0.05, 0) is 11.6 Å². The van der Waals surface area contributed by atoms with Crippen molar-refractivity contribution in [2.75, 3.05) is 0 Å². The van der Waals surface area contributed by atoms with Crippen molar-refractivity contribution in [3.63, 3.8) is 0 Å². The summed E-state index contributed by atoms with van der Waals surface area (Å²) in [6.07, 6.45) is 2.83. The molecule has 6 nitrogen and oxygen atoms in total. The lowest BCUT2D eigenvalue weighted by molar-refractivity contribution is 0.0950. The van der Waals surface area contributed by atoms with Crippen molar-refractivity contribution in [2.24, 2.45) is 10.9 Å². The first kappa shape index (κ1) is 12.7. The maximum atomic E-state index is 11.7. The first-order chi connectivity index (χ1) is 9.20. The Hall–Kier alpha value is -2.76. The van der Waals surface area contributed by atoms with Crippen molar-refractivity contribution < 1.29 is 14.4 Å². The molecule has 0 aliphatic rings. The van der Waals surface area contributed by atoms with E-state index >= 15 is 0 Å². The van der Waals surface area contributed by atoms with Crippen LogP contribution in [0.1, 0.15) is 21.5 Å². The number of nitrogens with one attached hydrogen (secondary N) is 1. The number of nitrogens with zero attached hydrogens (tertiary/aromatic N) is 1. The van der Waals surface area contributed by atoms with Crippen LogP contribution in [0.25, 0.3) is 0 Å². The van der Waals surface area contributed by atoms with E-state index in [1.54, 1.807) is 30.3 Å². The van der Waals surface area contributed by atoms with E-state index in [2.05, 4.69) is 10.5 Å². The molecule has 0 atom stereocenters. The van der Waals surface area contributed by atoms with Crippen LogP contribution in [0.4, 0.5) is 0 Å². The van der Waals surface area contributed by atoms with Crippen molar-refractivity contribution in [1.82, 2.24) is 5.32 Å². The van der Waals surface area contributed by atoms with Gasteiger partial charge in [0.25, 0.3) is 5.91 Å². The quantitative estimate of drug-likeness (QED) is 0.333. The molecule has 0 saturated heterocycles. The minimum Gasteiger partial charge on any atom is -0.472 e. The highest BCUT2D eigenvalue weighted by molar-refractivity contribution is 5.97. The summed E-state index contributed by atoms with van der Waals surface area (Å²) in [7, 11) is 0. The third kappa shape index (κ3) is 3.12. The highest BCUT2D eigenvalue weighted by Gasteiger charge is 2.06. The lowest BCUT2D eigenvalue weighted by Crippen LogP contribution is -2.22. The van der Waals surface area contributed by atoms with Crippen LogP contribution in [-0.4, -0.2) is 17.0 Å². The van der Waals surface area contributed by atoms with Crippen LogP contribution >= 0.6 is 0 Å². The van der Waals surface area contributed by atoms with Crippen LogP contribution in [-0.2, 0) is 6.54 Å². The number of carbonyl (C=O) groups excluding carboxylic acids is 1. The molecule has 0 aliphatic heterocycles. The summed E-state index contributed by atoms with van der Waals surface area (Å²) in [5.41, 5.74) is 7.46. The number of nitrogens with two attached hydrogens (primary N) is 1. The molecule has 2 rings (SSSR count). The van der Waals surface area contributed by atoms with Crippen LogP contribution in [0.2, 0.25) is 0 Å². The molecule has 0 fully saturated rings. The number of amidine groups is 1. The van der Waals surface area contributed by atoms with Gasteiger partial charge in [-0.25, -0.2) is 0 Å². The van der Waals surface area contributed by atoms with E-state index < -0.39 is 0 Å². The summed E-state index contributed by atoms with van der Waals surface area (Å²) in [5, 5.41) is 14.2. The minimum atomic E-state index is -0.200. The second kappa shape index (κ2) is 5.72. The predicted octanol–water partition coefficient (Wildman–Crippen LogP) is 1.30. The van der Waals surface area contributed by atoms with Gasteiger partial charge in [-0.2, -0.15) is 0 Å². The van der Waals surface area contributed by atoms with E-state index in [-0.39, 0.29) is 11.7 Å². The number of amides is 1. The van der Waals surface area contributed by atoms with Crippen LogP contribution in [0.5, 0.6) is 0 Å². The van der Waals surface area contributed by atoms with Gasteiger partial charge in [-0.15, -0.1) is 0 Å². The Morgan fingerprint density at radius 2 is 2.00 bits per heavy atom. The van der Waals surface area contributed by atoms with E-state index in [4.69, 9.17) is 15.4 Å². The van der Waals surface area contributed by atoms with Gasteiger partial charge < -0.3 is 20.7 Å². The Balaban J connectivity index is 1.95. The molecular weight excluding hydrogens is 246 g/mol. The molecule has 0 radical (unpaired) electrons. The Kier molecular flexibility index (Phi) is 3.82. The van der Waals surface area contributed by atoms with Crippen molar-refractivity contribution in [1.29, 1.82) is 0 Å². The minimum absolute atomic E-state index is 0.0500. The Bertz CT molecular complexity index is 574. The number of rotatable bonds is 4. The Morgan fingerprint density at radius 1 is 1.26 bits per heavy atom. The van der Waals surface area contributed by atoms with Crippen molar-refractivity contribution in [3.05, 3.63) is 59.5 Å². The van der Waals surface area contributed by atoms with Gasteiger partial charge >= 0.3 is 0 Å². The molecule has 4 N–H and O–H groups in total. The van der Waals surface area contributed by atoms with Gasteiger partial charge in [0.1, 0.15) is 6.26 Å². The maximum Gasteiger partial charge on any atom is 0.254 e. The third-order valence-electron chi connectivity index (χ3n) is 2.59. The summed E-state index contributed by atoms with van der Waals surface area (Å²) in [4.78, 5) is 11.7. The lowest BCUT2D eigenvalue weighted by atomic mass is 10.1. The maximum absolute atomic E-state index is 11.7. The van der Waals surface area contributed by atoms with E-state index in [0.717, 1.165) is 5.56 Å². The standard InChI is InChI=1S/C13H13N3O3/c14-12(16-18)10-3-1-9(2-4-10)7-15-13(17)11-5-6-19-8-11/h1-6,8,18H,7H2,(H2,14,16)(H,15,17). The largest absolute Gasteiger partial charge is 0.472 e. The molecule has 19 heavy (non-hydrogen) atoms. The van der Waals surface area contributed by atoms with Crippen LogP contribution in [0.3, 0.4) is 0 Å². The highest BCUT2D eigenvalue weighted by Crippen LogP contribution is 2.05. The average molecular weight is 259 g/mol. The van der Waals surface area contributed by atoms with Crippen molar-refractivity contribution in [3.8, 4) is 0 Å². The summed E-state index contributed by atoms with van der Waals surface area (Å²) >= 11 is 0. The number of hydrogen-bond acceptors (Lipinski definition) is 4. The molecule has 1 heterocycles. The van der Waals surface area contributed by atoms with E-state index in [0.29, 0.717) is 17.7 Å². The third-order valence-corrected chi connectivity index (χ3v) is 2.59. The fourth-order valence-electron chi connectivity index (χ4n) is 1.53. The van der Waals surface area contributed by atoms with E-state index in [9.17, 15) is 4.79 Å². The molecule has 0 aliphatic carbocycles. The zero-order chi connectivity index (χ0) is 13.7. The Labute approximate surface area is 109 Å². The van der Waals surface area contributed by atoms with E-state index in [1.807, 2.05) is 0 Å². The van der Waals surface area contributed by atoms with Gasteiger partial charge in [0.2, 0.25) is 0 Å². The van der Waals surface area contributed by atoms with Gasteiger partial charge in [0, 0.05) is 12.1 Å². The van der Waals surface area contributed by atoms with Crippen molar-refractivity contribution >= 4 is 11.7 Å². The molecule has 0 unspecified atom stereocenters. The fraction of sp³-hybridized carbons (Fsp3) is 0.0769. The first-order valence-electron chi connectivity index (χ1n) is 5.58. The first-order valence-corrected chi connectivity index (χ1v) is 5.58. The summed E-state index contributed by atoms with van der Waals surface area (Å²) < 4.78 is 4.83. The van der Waals surface area contributed by atoms with Crippen LogP contribution < -0.4 is 11.1 Å². The van der Waals surface area contributed by atoms with Gasteiger partial charge in [-0.3, -0.25) is 4.79 Å². The van der Waals surface area contributed by atoms with Crippen LogP contribution in [0, 0.1) is 0 Å². The molecule has 98 valence electrons. The SMILES string of the molecule is NC(=NO)c1ccc(CNC(=O)c2ccoc2)cc1. The molecule has 0 saturated carbocycles. The number of oxime groups is 1. The number of hydrogen-bond donors (Lipinski definition) is 3. The van der Waals surface area contributed by atoms with E-state index in [1.165, 1.54) is 12.5 Å². The Morgan fingerprint density at radius 3 is 2.58 bits per heavy atom. The zero-order valence-electron chi connectivity index (χ0n) is 10.0. The van der Waals surface area contributed by atoms with Gasteiger partial charge in [0.15, 0.2) is 5.84 Å². The molecule has 1 aromatic heterocycles. The van der Waals surface area contributed by atoms with Gasteiger partial charge in [-0.1, -0.05) is 29.4 Å². The van der Waals surface area contributed by atoms with Crippen molar-refractivity contribution in [2.45, 2.75) is 6.54 Å². The fourth-order valence-corrected chi connectivity index (χ4v) is 1.53. The number of furan rings is 1. The lowest BCUT2D eigenvalue weighted by Gasteiger charge is -2.05. The molecule has 1 amide bonds. The second-order valence-corrected chi connectivity index (χ2v) is 3.88. The van der Waals surface area contributed by atoms with Crippen LogP contribution in [0.15, 0.2) is 52.4 Å². The molecule has 0 spiro atoms. The molecule has 1 aromatic carbocycles. The zero-order valence-corrected chi connectivity index (χ0v) is 10.0. The molecular formula is C13H13N3O3. The smallest absolute Gasteiger partial charge is 0.254 e.